The Labute approximate surface area is 159 Å². The summed E-state index contributed by atoms with van der Waals surface area (Å²) in [6.45, 7) is 0. The number of benzene rings is 1. The average Bonchev–Trinajstić information content (AvgIpc) is 3.06. The molecule has 1 aliphatic heterocycles. The molecule has 10 nitrogen and oxygen atoms in total. The molecule has 3 aromatic rings. The van der Waals surface area contributed by atoms with Crippen LogP contribution in [0.3, 0.4) is 0 Å². The number of pyridine rings is 1. The van der Waals surface area contributed by atoms with Crippen LogP contribution in [0.15, 0.2) is 59.0 Å². The molecule has 1 N–H and O–H groups in total. The van der Waals surface area contributed by atoms with E-state index in [1.54, 1.807) is 37.5 Å². The molecular weight excluding hydrogens is 362 g/mol. The van der Waals surface area contributed by atoms with Crippen molar-refractivity contribution in [1.29, 1.82) is 0 Å². The largest absolute Gasteiger partial charge is 0.508 e. The maximum atomic E-state index is 12.9. The highest BCUT2D eigenvalue weighted by Gasteiger charge is 2.37. The van der Waals surface area contributed by atoms with Crippen LogP contribution in [0.2, 0.25) is 0 Å². The SMILES string of the molecule is CN1C(=O)N(C)c2c(N=Nc3ccc(O)cc3)c1nn2C(=O)c1cccnc1. The highest BCUT2D eigenvalue weighted by Crippen LogP contribution is 2.43. The second-order valence-corrected chi connectivity index (χ2v) is 6.07. The molecule has 0 saturated carbocycles. The fourth-order valence-electron chi connectivity index (χ4n) is 2.79. The molecule has 2 aromatic heterocycles. The zero-order chi connectivity index (χ0) is 19.8. The number of hydrogen-bond donors (Lipinski definition) is 1. The lowest BCUT2D eigenvalue weighted by Crippen LogP contribution is -2.41. The van der Waals surface area contributed by atoms with Gasteiger partial charge in [-0.3, -0.25) is 19.6 Å². The summed E-state index contributed by atoms with van der Waals surface area (Å²) < 4.78 is 1.12. The van der Waals surface area contributed by atoms with E-state index in [1.165, 1.54) is 35.2 Å². The summed E-state index contributed by atoms with van der Waals surface area (Å²) in [5, 5.41) is 22.0. The van der Waals surface area contributed by atoms with Gasteiger partial charge < -0.3 is 5.11 Å². The summed E-state index contributed by atoms with van der Waals surface area (Å²) in [6.07, 6.45) is 2.99. The third-order valence-electron chi connectivity index (χ3n) is 4.24. The molecule has 2 amide bonds. The van der Waals surface area contributed by atoms with Crippen LogP contribution in [0, 0.1) is 0 Å². The third kappa shape index (κ3) is 2.76. The Hall–Kier alpha value is -4.08. The minimum absolute atomic E-state index is 0.112. The highest BCUT2D eigenvalue weighted by molar-refractivity contribution is 6.13. The molecule has 1 aliphatic rings. The molecule has 0 aliphatic carbocycles. The first-order valence-electron chi connectivity index (χ1n) is 8.27. The van der Waals surface area contributed by atoms with E-state index >= 15 is 0 Å². The van der Waals surface area contributed by atoms with Gasteiger partial charge in [0.05, 0.1) is 11.3 Å². The number of azo groups is 1. The van der Waals surface area contributed by atoms with Crippen molar-refractivity contribution in [2.75, 3.05) is 23.9 Å². The van der Waals surface area contributed by atoms with Crippen molar-refractivity contribution in [2.45, 2.75) is 0 Å². The van der Waals surface area contributed by atoms with Gasteiger partial charge in [-0.25, -0.2) is 4.79 Å². The van der Waals surface area contributed by atoms with E-state index in [-0.39, 0.29) is 29.1 Å². The van der Waals surface area contributed by atoms with Crippen LogP contribution in [0.5, 0.6) is 5.75 Å². The normalized spacial score (nSPS) is 13.4. The van der Waals surface area contributed by atoms with Gasteiger partial charge in [0.25, 0.3) is 5.91 Å². The van der Waals surface area contributed by atoms with Crippen LogP contribution in [0.4, 0.5) is 27.8 Å². The lowest BCUT2D eigenvalue weighted by Gasteiger charge is -2.26. The maximum Gasteiger partial charge on any atom is 0.330 e. The first-order valence-corrected chi connectivity index (χ1v) is 8.27. The van der Waals surface area contributed by atoms with E-state index in [9.17, 15) is 14.7 Å². The molecule has 0 radical (unpaired) electrons. The van der Waals surface area contributed by atoms with Crippen LogP contribution in [-0.4, -0.2) is 45.9 Å². The van der Waals surface area contributed by atoms with Gasteiger partial charge >= 0.3 is 6.03 Å². The summed E-state index contributed by atoms with van der Waals surface area (Å²) in [4.78, 5) is 31.9. The number of amides is 2. The number of aromatic nitrogens is 3. The molecule has 2 bridgehead atoms. The lowest BCUT2D eigenvalue weighted by atomic mass is 10.2. The quantitative estimate of drug-likeness (QED) is 0.704. The Balaban J connectivity index is 1.82. The summed E-state index contributed by atoms with van der Waals surface area (Å²) in [6, 6.07) is 9.06. The number of anilines is 2. The van der Waals surface area contributed by atoms with Crippen LogP contribution in [0.25, 0.3) is 0 Å². The predicted octanol–water partition coefficient (Wildman–Crippen LogP) is 3.09. The number of rotatable bonds is 3. The van der Waals surface area contributed by atoms with E-state index in [4.69, 9.17) is 0 Å². The molecule has 140 valence electrons. The highest BCUT2D eigenvalue weighted by atomic mass is 16.3. The standard InChI is InChI=1S/C18H15N7O3/c1-23-15-14(21-20-12-5-7-13(26)8-6-12)16(24(2)18(23)28)25(22-15)17(27)11-4-3-9-19-10-11/h3-10,26H,1-2H3. The van der Waals surface area contributed by atoms with Crippen molar-refractivity contribution in [2.24, 2.45) is 10.2 Å². The van der Waals surface area contributed by atoms with Crippen LogP contribution in [-0.2, 0) is 0 Å². The molecular formula is C18H15N7O3. The minimum atomic E-state index is -0.439. The average molecular weight is 377 g/mol. The summed E-state index contributed by atoms with van der Waals surface area (Å²) >= 11 is 0. The molecule has 4 rings (SSSR count). The van der Waals surface area contributed by atoms with E-state index in [2.05, 4.69) is 20.3 Å². The van der Waals surface area contributed by atoms with Crippen LogP contribution >= 0.6 is 0 Å². The monoisotopic (exact) mass is 377 g/mol. The maximum absolute atomic E-state index is 12.9. The Morgan fingerprint density at radius 3 is 2.50 bits per heavy atom. The predicted molar refractivity (Wildman–Crippen MR) is 101 cm³/mol. The van der Waals surface area contributed by atoms with Crippen LogP contribution in [0.1, 0.15) is 10.4 Å². The molecule has 28 heavy (non-hydrogen) atoms. The second kappa shape index (κ2) is 6.58. The van der Waals surface area contributed by atoms with Crippen molar-refractivity contribution < 1.29 is 14.7 Å². The number of phenolic OH excluding ortho intramolecular Hbond substituents is 1. The number of carbonyl (C=O) groups excluding carboxylic acids is 2. The Morgan fingerprint density at radius 1 is 1.07 bits per heavy atom. The summed E-state index contributed by atoms with van der Waals surface area (Å²) in [7, 11) is 3.08. The van der Waals surface area contributed by atoms with E-state index in [0.29, 0.717) is 11.3 Å². The molecule has 0 saturated heterocycles. The van der Waals surface area contributed by atoms with Crippen molar-refractivity contribution in [3.63, 3.8) is 0 Å². The Morgan fingerprint density at radius 2 is 1.82 bits per heavy atom. The number of aromatic hydroxyl groups is 1. The first kappa shape index (κ1) is 17.3. The topological polar surface area (TPSA) is 116 Å². The number of hydrogen-bond acceptors (Lipinski definition) is 7. The molecule has 3 heterocycles. The van der Waals surface area contributed by atoms with Gasteiger partial charge in [-0.1, -0.05) is 0 Å². The number of nitrogens with zero attached hydrogens (tertiary/aromatic N) is 7. The van der Waals surface area contributed by atoms with Crippen molar-refractivity contribution >= 4 is 34.9 Å². The van der Waals surface area contributed by atoms with Crippen molar-refractivity contribution in [3.8, 4) is 5.75 Å². The van der Waals surface area contributed by atoms with Gasteiger partial charge in [0, 0.05) is 26.5 Å². The van der Waals surface area contributed by atoms with Gasteiger partial charge in [-0.05, 0) is 36.4 Å². The first-order chi connectivity index (χ1) is 13.5. The molecule has 0 fully saturated rings. The smallest absolute Gasteiger partial charge is 0.330 e. The van der Waals surface area contributed by atoms with Gasteiger partial charge in [0.1, 0.15) is 5.75 Å². The van der Waals surface area contributed by atoms with Crippen molar-refractivity contribution in [3.05, 3.63) is 54.4 Å². The Bertz CT molecular complexity index is 1090. The molecule has 1 aromatic carbocycles. The van der Waals surface area contributed by atoms with E-state index < -0.39 is 5.91 Å². The zero-order valence-corrected chi connectivity index (χ0v) is 15.0. The third-order valence-corrected chi connectivity index (χ3v) is 4.24. The second-order valence-electron chi connectivity index (χ2n) is 6.07. The minimum Gasteiger partial charge on any atom is -0.508 e. The van der Waals surface area contributed by atoms with Gasteiger partial charge in [0.2, 0.25) is 0 Å². The number of fused-ring (bicyclic) bond motifs is 2. The fourth-order valence-corrected chi connectivity index (χ4v) is 2.79. The van der Waals surface area contributed by atoms with Gasteiger partial charge in [0.15, 0.2) is 17.3 Å². The molecule has 0 atom stereocenters. The lowest BCUT2D eigenvalue weighted by molar-refractivity contribution is 0.0947. The van der Waals surface area contributed by atoms with E-state index in [0.717, 1.165) is 4.68 Å². The molecule has 0 spiro atoms. The number of urea groups is 1. The number of carbonyl (C=O) groups is 2. The van der Waals surface area contributed by atoms with Crippen LogP contribution < -0.4 is 9.80 Å². The zero-order valence-electron chi connectivity index (χ0n) is 15.0. The summed E-state index contributed by atoms with van der Waals surface area (Å²) in [5.74, 6) is 0.110. The fraction of sp³-hybridized carbons (Fsp3) is 0.111. The molecule has 0 unspecified atom stereocenters. The van der Waals surface area contributed by atoms with E-state index in [1.807, 2.05) is 0 Å². The molecule has 10 heteroatoms. The van der Waals surface area contributed by atoms with Gasteiger partial charge in [-0.15, -0.1) is 10.2 Å². The van der Waals surface area contributed by atoms with Crippen molar-refractivity contribution in [1.82, 2.24) is 14.8 Å². The Kier molecular flexibility index (Phi) is 4.07. The summed E-state index contributed by atoms with van der Waals surface area (Å²) in [5.41, 5.74) is 1.11. The van der Waals surface area contributed by atoms with Gasteiger partial charge in [-0.2, -0.15) is 9.80 Å². The number of phenols is 1.